The molecule has 3 aromatic heterocycles. The normalized spacial score (nSPS) is 12.3. The monoisotopic (exact) mass is 426 g/mol. The van der Waals surface area contributed by atoms with Gasteiger partial charge in [-0.25, -0.2) is 4.98 Å². The molecule has 0 spiro atoms. The van der Waals surface area contributed by atoms with Gasteiger partial charge in [0.2, 0.25) is 5.89 Å². The number of nitrogens with one attached hydrogen (secondary N) is 1. The summed E-state index contributed by atoms with van der Waals surface area (Å²) in [5.41, 5.74) is 4.20. The van der Waals surface area contributed by atoms with Gasteiger partial charge in [-0.3, -0.25) is 0 Å². The van der Waals surface area contributed by atoms with Crippen molar-refractivity contribution < 1.29 is 9.26 Å². The molecule has 30 heavy (non-hydrogen) atoms. The van der Waals surface area contributed by atoms with Crippen LogP contribution in [0.1, 0.15) is 42.5 Å². The number of halogens is 1. The van der Waals surface area contributed by atoms with Gasteiger partial charge in [0.1, 0.15) is 17.6 Å². The second-order valence-corrected chi connectivity index (χ2v) is 7.54. The second-order valence-electron chi connectivity index (χ2n) is 7.11. The highest BCUT2D eigenvalue weighted by atomic mass is 35.5. The molecular weight excluding hydrogens is 404 g/mol. The Balaban J connectivity index is 1.85. The van der Waals surface area contributed by atoms with Crippen molar-refractivity contribution >= 4 is 23.1 Å². The van der Waals surface area contributed by atoms with Crippen LogP contribution in [-0.4, -0.2) is 31.8 Å². The molecule has 0 fully saturated rings. The smallest absolute Gasteiger partial charge is 0.249 e. The SMILES string of the molecule is CCC(Nc1cc(C)nc2c(-c3ccc(Cl)cc3OC)c(C)nn12)c1nc(C)no1. The topological polar surface area (TPSA) is 90.4 Å². The molecule has 0 aliphatic rings. The fourth-order valence-electron chi connectivity index (χ4n) is 3.51. The minimum absolute atomic E-state index is 0.144. The molecule has 0 aliphatic heterocycles. The minimum atomic E-state index is -0.144. The van der Waals surface area contributed by atoms with E-state index in [2.05, 4.69) is 22.4 Å². The number of hydrogen-bond donors (Lipinski definition) is 1. The Labute approximate surface area is 179 Å². The van der Waals surface area contributed by atoms with Gasteiger partial charge in [0.05, 0.1) is 18.4 Å². The van der Waals surface area contributed by atoms with Crippen molar-refractivity contribution in [2.45, 2.75) is 40.2 Å². The van der Waals surface area contributed by atoms with Crippen LogP contribution in [-0.2, 0) is 0 Å². The summed E-state index contributed by atoms with van der Waals surface area (Å²) in [5, 5.41) is 12.7. The molecule has 8 nitrogen and oxygen atoms in total. The van der Waals surface area contributed by atoms with Crippen LogP contribution in [0, 0.1) is 20.8 Å². The van der Waals surface area contributed by atoms with Crippen LogP contribution < -0.4 is 10.1 Å². The third-order valence-corrected chi connectivity index (χ3v) is 5.13. The van der Waals surface area contributed by atoms with E-state index in [4.69, 9.17) is 30.9 Å². The standard InChI is InChI=1S/C21H23ClN6O2/c1-6-16(21-24-13(4)27-30-21)25-18-9-11(2)23-20-19(12(3)26-28(18)20)15-8-7-14(22)10-17(15)29-5/h7-10,16,25H,6H2,1-5H3. The summed E-state index contributed by atoms with van der Waals surface area (Å²) in [4.78, 5) is 9.13. The summed E-state index contributed by atoms with van der Waals surface area (Å²) < 4.78 is 12.7. The largest absolute Gasteiger partial charge is 0.496 e. The Morgan fingerprint density at radius 1 is 1.20 bits per heavy atom. The number of hydrogen-bond acceptors (Lipinski definition) is 7. The lowest BCUT2D eigenvalue weighted by Gasteiger charge is -2.16. The first kappa shape index (κ1) is 20.2. The third kappa shape index (κ3) is 3.59. The molecule has 0 saturated heterocycles. The Morgan fingerprint density at radius 3 is 2.67 bits per heavy atom. The molecule has 1 aromatic carbocycles. The summed E-state index contributed by atoms with van der Waals surface area (Å²) in [6.07, 6.45) is 0.766. The fraction of sp³-hybridized carbons (Fsp3) is 0.333. The zero-order chi connectivity index (χ0) is 21.4. The van der Waals surface area contributed by atoms with Gasteiger partial charge in [-0.15, -0.1) is 0 Å². The van der Waals surface area contributed by atoms with Crippen molar-refractivity contribution in [2.75, 3.05) is 12.4 Å². The maximum absolute atomic E-state index is 6.15. The van der Waals surface area contributed by atoms with Crippen molar-refractivity contribution in [3.63, 3.8) is 0 Å². The Morgan fingerprint density at radius 2 is 2.00 bits per heavy atom. The number of aromatic nitrogens is 5. The molecular formula is C21H23ClN6O2. The zero-order valence-electron chi connectivity index (χ0n) is 17.5. The number of aryl methyl sites for hydroxylation is 3. The number of rotatable bonds is 6. The number of anilines is 1. The van der Waals surface area contributed by atoms with Crippen molar-refractivity contribution in [1.29, 1.82) is 0 Å². The van der Waals surface area contributed by atoms with E-state index >= 15 is 0 Å². The molecule has 9 heteroatoms. The maximum atomic E-state index is 6.15. The number of fused-ring (bicyclic) bond motifs is 1. The van der Waals surface area contributed by atoms with E-state index in [1.54, 1.807) is 24.6 Å². The van der Waals surface area contributed by atoms with Crippen molar-refractivity contribution in [1.82, 2.24) is 24.7 Å². The van der Waals surface area contributed by atoms with Gasteiger partial charge in [0, 0.05) is 22.3 Å². The maximum Gasteiger partial charge on any atom is 0.249 e. The third-order valence-electron chi connectivity index (χ3n) is 4.90. The molecule has 156 valence electrons. The predicted octanol–water partition coefficient (Wildman–Crippen LogP) is 4.93. The minimum Gasteiger partial charge on any atom is -0.496 e. The quantitative estimate of drug-likeness (QED) is 0.467. The van der Waals surface area contributed by atoms with Crippen LogP contribution in [0.3, 0.4) is 0 Å². The van der Waals surface area contributed by atoms with Crippen LogP contribution in [0.15, 0.2) is 28.8 Å². The van der Waals surface area contributed by atoms with Gasteiger partial charge < -0.3 is 14.6 Å². The van der Waals surface area contributed by atoms with Crippen LogP contribution in [0.2, 0.25) is 5.02 Å². The van der Waals surface area contributed by atoms with E-state index in [0.717, 1.165) is 40.4 Å². The van der Waals surface area contributed by atoms with Crippen molar-refractivity contribution in [3.05, 3.63) is 52.4 Å². The van der Waals surface area contributed by atoms with E-state index in [0.29, 0.717) is 22.5 Å². The number of ether oxygens (including phenoxy) is 1. The van der Waals surface area contributed by atoms with Gasteiger partial charge in [0.15, 0.2) is 11.5 Å². The van der Waals surface area contributed by atoms with Crippen molar-refractivity contribution in [3.8, 4) is 16.9 Å². The fourth-order valence-corrected chi connectivity index (χ4v) is 3.67. The average Bonchev–Trinajstić information content (AvgIpc) is 3.28. The molecule has 3 heterocycles. The summed E-state index contributed by atoms with van der Waals surface area (Å²) >= 11 is 6.15. The molecule has 4 aromatic rings. The van der Waals surface area contributed by atoms with Gasteiger partial charge in [-0.1, -0.05) is 23.7 Å². The van der Waals surface area contributed by atoms with Gasteiger partial charge >= 0.3 is 0 Å². The molecule has 0 radical (unpaired) electrons. The molecule has 1 atom stereocenters. The highest BCUT2D eigenvalue weighted by Gasteiger charge is 2.22. The lowest BCUT2D eigenvalue weighted by atomic mass is 10.0. The molecule has 0 saturated carbocycles. The number of methoxy groups -OCH3 is 1. The first-order chi connectivity index (χ1) is 14.4. The lowest BCUT2D eigenvalue weighted by molar-refractivity contribution is 0.356. The Hall–Kier alpha value is -3.13. The molecule has 0 bridgehead atoms. The highest BCUT2D eigenvalue weighted by Crippen LogP contribution is 2.37. The van der Waals surface area contributed by atoms with E-state index < -0.39 is 0 Å². The molecule has 1 unspecified atom stereocenters. The zero-order valence-corrected chi connectivity index (χ0v) is 18.3. The highest BCUT2D eigenvalue weighted by molar-refractivity contribution is 6.30. The first-order valence-corrected chi connectivity index (χ1v) is 10.1. The summed E-state index contributed by atoms with van der Waals surface area (Å²) in [6.45, 7) is 7.77. The summed E-state index contributed by atoms with van der Waals surface area (Å²) in [6, 6.07) is 7.36. The summed E-state index contributed by atoms with van der Waals surface area (Å²) in [5.74, 6) is 2.61. The van der Waals surface area contributed by atoms with Gasteiger partial charge in [-0.05, 0) is 45.4 Å². The average molecular weight is 427 g/mol. The number of benzene rings is 1. The van der Waals surface area contributed by atoms with Gasteiger partial charge in [-0.2, -0.15) is 14.6 Å². The van der Waals surface area contributed by atoms with Gasteiger partial charge in [0.25, 0.3) is 0 Å². The Bertz CT molecular complexity index is 1220. The predicted molar refractivity (Wildman–Crippen MR) is 115 cm³/mol. The lowest BCUT2D eigenvalue weighted by Crippen LogP contribution is -2.14. The molecule has 1 N–H and O–H groups in total. The van der Waals surface area contributed by atoms with Crippen LogP contribution in [0.4, 0.5) is 5.82 Å². The molecule has 0 amide bonds. The van der Waals surface area contributed by atoms with Crippen LogP contribution in [0.25, 0.3) is 16.8 Å². The second kappa shape index (κ2) is 7.95. The van der Waals surface area contributed by atoms with Crippen LogP contribution >= 0.6 is 11.6 Å². The Kier molecular flexibility index (Phi) is 5.34. The van der Waals surface area contributed by atoms with E-state index in [-0.39, 0.29) is 6.04 Å². The summed E-state index contributed by atoms with van der Waals surface area (Å²) in [7, 11) is 1.63. The van der Waals surface area contributed by atoms with E-state index in [1.165, 1.54) is 0 Å². The number of nitrogens with zero attached hydrogens (tertiary/aromatic N) is 5. The van der Waals surface area contributed by atoms with E-state index in [1.807, 2.05) is 32.0 Å². The van der Waals surface area contributed by atoms with Crippen molar-refractivity contribution in [2.24, 2.45) is 0 Å². The molecule has 4 rings (SSSR count). The van der Waals surface area contributed by atoms with E-state index in [9.17, 15) is 0 Å². The first-order valence-electron chi connectivity index (χ1n) is 9.68. The molecule has 0 aliphatic carbocycles. The van der Waals surface area contributed by atoms with Crippen LogP contribution in [0.5, 0.6) is 5.75 Å².